The van der Waals surface area contributed by atoms with Crippen LogP contribution in [0.25, 0.3) is 0 Å². The van der Waals surface area contributed by atoms with Gasteiger partial charge in [-0.3, -0.25) is 0 Å². The lowest BCUT2D eigenvalue weighted by atomic mass is 10.1. The first-order valence-corrected chi connectivity index (χ1v) is 0.894. The van der Waals surface area contributed by atoms with Crippen LogP contribution >= 0.6 is 0 Å². The van der Waals surface area contributed by atoms with Crippen LogP contribution < -0.4 is 0 Å². The van der Waals surface area contributed by atoms with Gasteiger partial charge in [0.05, 0.1) is 0 Å². The third-order valence-corrected chi connectivity index (χ3v) is 0. The normalized spacial score (nSPS) is 12.0. The molecule has 0 bridgehead atoms. The quantitative estimate of drug-likeness (QED) is 0.280. The van der Waals surface area contributed by atoms with Gasteiger partial charge in [-0.2, -0.15) is 0 Å². The zero-order valence-electron chi connectivity index (χ0n) is 2.45. The lowest BCUT2D eigenvalue weighted by molar-refractivity contribution is -0.641. The van der Waals surface area contributed by atoms with E-state index in [0.29, 0.717) is 16.0 Å². The predicted molar refractivity (Wildman–Crippen MR) is 32.0 cm³/mol. The molecule has 3 heteroatoms. The maximum atomic E-state index is 2.35. The molecule has 0 fully saturated rings. The highest BCUT2D eigenvalue weighted by molar-refractivity contribution is 6.13. The number of quaternary nitrogens is 1. The van der Waals surface area contributed by atoms with E-state index in [0.717, 1.165) is 0 Å². The number of nitrogens with zero attached hydrogens (tertiary/aromatic N) is 1. The van der Waals surface area contributed by atoms with Gasteiger partial charge >= 0.3 is 0 Å². The van der Waals surface area contributed by atoms with Crippen molar-refractivity contribution in [2.24, 2.45) is 0 Å². The van der Waals surface area contributed by atoms with Gasteiger partial charge in [-0.05, 0) is 14.1 Å². The van der Waals surface area contributed by atoms with E-state index >= 15 is 0 Å². The summed E-state index contributed by atoms with van der Waals surface area (Å²) in [6.45, 7) is 0. The first kappa shape index (κ1) is 5.09. The molecule has 0 rings (SSSR count). The maximum absolute atomic E-state index is 2.35. The minimum atomic E-state index is 0.653. The van der Waals surface area contributed by atoms with Gasteiger partial charge in [-0.25, -0.2) is 0 Å². The summed E-state index contributed by atoms with van der Waals surface area (Å²) in [5.74, 6) is 0. The van der Waals surface area contributed by atoms with Crippen LogP contribution in [0, 0.1) is 0 Å². The fourth-order valence-electron chi connectivity index (χ4n) is 0. The third kappa shape index (κ3) is 2210. The number of hydrogen-bond acceptors (Lipinski definition) is 0. The molecule has 1 nitrogen and oxygen atoms in total. The first-order valence-electron chi connectivity index (χ1n) is 0.894. The minimum absolute atomic E-state index is 0.653. The molecular weight excluding hydrogens is 59.7 g/mol. The van der Waals surface area contributed by atoms with Gasteiger partial charge in [-0.1, -0.05) is 0 Å². The third-order valence-electron chi connectivity index (χ3n) is 0. The Morgan fingerprint density at radius 1 is 1.20 bits per heavy atom. The standard InChI is InChI=1S/C2H12B2N/c1-5(2,3)4/h1-4H3/q-1. The van der Waals surface area contributed by atoms with Crippen LogP contribution in [0.2, 0.25) is 0 Å². The second-order valence-corrected chi connectivity index (χ2v) is 0.447. The summed E-state index contributed by atoms with van der Waals surface area (Å²) >= 11 is 0. The SMILES string of the molecule is [BH3-][N+]([BH3-])(C)C. The Kier molecular flexibility index (Phi) is 1.07. The first-order chi connectivity index (χ1) is 2.00. The smallest absolute Gasteiger partial charge is 0.126 e. The molecule has 0 aromatic heterocycles. The molecule has 0 aliphatic heterocycles. The van der Waals surface area contributed by atoms with Crippen LogP contribution in [0.5, 0.6) is 0 Å². The largest absolute Gasteiger partial charge is 0.741 e. The summed E-state index contributed by atoms with van der Waals surface area (Å²) in [7, 11) is 6.00. The highest BCUT2D eigenvalue weighted by Gasteiger charge is 1.70. The Morgan fingerprint density at radius 2 is 1.20 bits per heavy atom. The van der Waals surface area contributed by atoms with Crippen molar-refractivity contribution in [3.05, 3.63) is 0 Å². The van der Waals surface area contributed by atoms with E-state index < -0.39 is 0 Å². The van der Waals surface area contributed by atoms with Gasteiger partial charge in [0.15, 0.2) is 0 Å². The second kappa shape index (κ2) is 1.05. The van der Waals surface area contributed by atoms with Crippen LogP contribution in [-0.4, -0.2) is 34.4 Å². The molecular formula is C2H12B2N-. The monoisotopic (exact) mass is 72.1 g/mol. The molecule has 32 valence electrons. The van der Waals surface area contributed by atoms with Crippen molar-refractivity contribution >= 4 is 16.0 Å². The average Bonchev–Trinajstić information content (AvgIpc) is 0.722. The summed E-state index contributed by atoms with van der Waals surface area (Å²) < 4.78 is 1.50. The van der Waals surface area contributed by atoms with Crippen molar-refractivity contribution in [2.45, 2.75) is 0 Å². The summed E-state index contributed by atoms with van der Waals surface area (Å²) in [6, 6.07) is 0. The summed E-state index contributed by atoms with van der Waals surface area (Å²) in [5, 5.41) is 0. The zero-order valence-corrected chi connectivity index (χ0v) is 2.45. The molecule has 0 aromatic carbocycles. The van der Waals surface area contributed by atoms with E-state index in [9.17, 15) is 0 Å². The van der Waals surface area contributed by atoms with Crippen molar-refractivity contribution in [2.75, 3.05) is 14.1 Å². The zero-order chi connectivity index (χ0) is 4.50. The molecule has 0 unspecified atom stereocenters. The van der Waals surface area contributed by atoms with Crippen molar-refractivity contribution in [1.82, 2.24) is 0 Å². The Balaban J connectivity index is 3.02. The van der Waals surface area contributed by atoms with Crippen LogP contribution in [0.15, 0.2) is 0 Å². The maximum Gasteiger partial charge on any atom is 0.126 e. The van der Waals surface area contributed by atoms with E-state index in [1.807, 2.05) is 0 Å². The average molecular weight is 71.7 g/mol. The second-order valence-electron chi connectivity index (χ2n) is 0.447. The molecule has 0 spiro atoms. The minimum Gasteiger partial charge on any atom is -0.741 e. The van der Waals surface area contributed by atoms with Crippen molar-refractivity contribution in [3.8, 4) is 0 Å². The van der Waals surface area contributed by atoms with Gasteiger partial charge in [0.1, 0.15) is 16.0 Å². The van der Waals surface area contributed by atoms with Crippen LogP contribution in [0.3, 0.4) is 0 Å². The molecule has 0 aromatic rings. The van der Waals surface area contributed by atoms with Gasteiger partial charge < -0.3 is 4.31 Å². The molecule has 0 N–H and O–H groups in total. The Morgan fingerprint density at radius 3 is 1.20 bits per heavy atom. The highest BCUT2D eigenvalue weighted by Crippen LogP contribution is 1.69. The van der Waals surface area contributed by atoms with E-state index in [-0.39, 0.29) is 0 Å². The lowest BCUT2D eigenvalue weighted by Gasteiger charge is -2.38. The molecule has 0 atom stereocenters. The van der Waals surface area contributed by atoms with Crippen molar-refractivity contribution in [3.63, 3.8) is 0 Å². The van der Waals surface area contributed by atoms with Gasteiger partial charge in [0.25, 0.3) is 0 Å². The number of hydrogen-bond donors (Lipinski definition) is 0. The highest BCUT2D eigenvalue weighted by atomic mass is 15.1. The molecule has 0 saturated heterocycles. The molecule has 0 aliphatic carbocycles. The summed E-state index contributed by atoms with van der Waals surface area (Å²) in [5.41, 5.74) is 0. The van der Waals surface area contributed by atoms with Crippen LogP contribution in [0.1, 0.15) is 0 Å². The van der Waals surface area contributed by atoms with Gasteiger partial charge in [0, 0.05) is 0 Å². The summed E-state index contributed by atoms with van der Waals surface area (Å²) in [4.78, 5) is 0. The molecule has 0 amide bonds. The van der Waals surface area contributed by atoms with E-state index in [1.54, 1.807) is 0 Å². The van der Waals surface area contributed by atoms with E-state index in [2.05, 4.69) is 14.1 Å². The Labute approximate surface area is 35.4 Å². The fraction of sp³-hybridized carbons (Fsp3) is 1.00. The van der Waals surface area contributed by atoms with Gasteiger partial charge in [-0.15, -0.1) is 0 Å². The van der Waals surface area contributed by atoms with E-state index in [1.165, 1.54) is 4.31 Å². The van der Waals surface area contributed by atoms with Crippen LogP contribution in [0.4, 0.5) is 0 Å². The molecule has 5 heavy (non-hydrogen) atoms. The lowest BCUT2D eigenvalue weighted by Crippen LogP contribution is -2.32. The summed E-state index contributed by atoms with van der Waals surface area (Å²) in [6.07, 6.45) is 0. The molecule has 0 aliphatic rings. The van der Waals surface area contributed by atoms with Crippen LogP contribution in [-0.2, 0) is 0 Å². The molecule has 0 saturated carbocycles. The van der Waals surface area contributed by atoms with E-state index in [4.69, 9.17) is 0 Å². The number of rotatable bonds is 0. The molecule has 0 radical (unpaired) electrons. The topological polar surface area (TPSA) is 0 Å². The fourth-order valence-corrected chi connectivity index (χ4v) is 0. The molecule has 0 heterocycles. The Hall–Kier alpha value is 0.0899. The van der Waals surface area contributed by atoms with Gasteiger partial charge in [0.2, 0.25) is 0 Å². The van der Waals surface area contributed by atoms with Crippen molar-refractivity contribution in [1.29, 1.82) is 0 Å². The van der Waals surface area contributed by atoms with Crippen molar-refractivity contribution < 1.29 is 4.31 Å². The predicted octanol–water partition coefficient (Wildman–Crippen LogP) is -2.38. The Bertz CT molecular complexity index is 23.1.